The fourth-order valence-corrected chi connectivity index (χ4v) is 3.28. The monoisotopic (exact) mass is 266 g/mol. The van der Waals surface area contributed by atoms with Crippen LogP contribution in [0.5, 0.6) is 0 Å². The van der Waals surface area contributed by atoms with Gasteiger partial charge in [-0.15, -0.1) is 0 Å². The second-order valence-electron chi connectivity index (χ2n) is 5.36. The molecule has 0 aromatic heterocycles. The molecule has 2 saturated carbocycles. The molecule has 1 aromatic carbocycles. The molecule has 1 N–H and O–H groups in total. The molecule has 0 bridgehead atoms. The van der Waals surface area contributed by atoms with Gasteiger partial charge in [-0.3, -0.25) is 10.1 Å². The molecule has 0 spiro atoms. The van der Waals surface area contributed by atoms with Crippen molar-refractivity contribution in [3.8, 4) is 0 Å². The van der Waals surface area contributed by atoms with Crippen molar-refractivity contribution in [3.63, 3.8) is 0 Å². The van der Waals surface area contributed by atoms with Crippen LogP contribution in [0, 0.1) is 28.9 Å². The average Bonchev–Trinajstić information content (AvgIpc) is 2.99. The summed E-state index contributed by atoms with van der Waals surface area (Å²) in [5, 5.41) is 14.5. The van der Waals surface area contributed by atoms with E-state index in [-0.39, 0.29) is 10.7 Å². The van der Waals surface area contributed by atoms with Crippen LogP contribution in [0.3, 0.4) is 0 Å². The van der Waals surface area contributed by atoms with E-state index in [1.165, 1.54) is 19.3 Å². The van der Waals surface area contributed by atoms with E-state index in [2.05, 4.69) is 5.32 Å². The first kappa shape index (κ1) is 11.8. The van der Waals surface area contributed by atoms with Gasteiger partial charge >= 0.3 is 0 Å². The first-order valence-electron chi connectivity index (χ1n) is 6.27. The number of halogens is 1. The zero-order chi connectivity index (χ0) is 12.9. The Hall–Kier alpha value is -1.29. The van der Waals surface area contributed by atoms with Crippen LogP contribution >= 0.6 is 11.6 Å². The van der Waals surface area contributed by atoms with Gasteiger partial charge in [-0.2, -0.15) is 0 Å². The van der Waals surface area contributed by atoms with E-state index in [4.69, 9.17) is 11.6 Å². The number of nitro groups is 1. The third-order valence-electron chi connectivity index (χ3n) is 4.17. The van der Waals surface area contributed by atoms with Gasteiger partial charge in [0.15, 0.2) is 0 Å². The molecule has 0 amide bonds. The Balaban J connectivity index is 1.83. The minimum atomic E-state index is -0.439. The molecule has 18 heavy (non-hydrogen) atoms. The average molecular weight is 267 g/mol. The van der Waals surface area contributed by atoms with Crippen molar-refractivity contribution < 1.29 is 4.92 Å². The molecule has 3 unspecified atom stereocenters. The van der Waals surface area contributed by atoms with E-state index in [1.54, 1.807) is 12.1 Å². The van der Waals surface area contributed by atoms with Crippen molar-refractivity contribution in [2.45, 2.75) is 32.2 Å². The maximum absolute atomic E-state index is 10.8. The van der Waals surface area contributed by atoms with E-state index >= 15 is 0 Å². The number of aryl methyl sites for hydroxylation is 1. The number of rotatable bonds is 3. The Morgan fingerprint density at radius 3 is 2.78 bits per heavy atom. The lowest BCUT2D eigenvalue weighted by Crippen LogP contribution is -2.19. The number of nitrogens with one attached hydrogen (secondary N) is 1. The van der Waals surface area contributed by atoms with Gasteiger partial charge < -0.3 is 5.32 Å². The van der Waals surface area contributed by atoms with Gasteiger partial charge in [-0.1, -0.05) is 11.6 Å². The second-order valence-corrected chi connectivity index (χ2v) is 5.77. The Morgan fingerprint density at radius 1 is 1.44 bits per heavy atom. The summed E-state index contributed by atoms with van der Waals surface area (Å²) in [6, 6.07) is 3.75. The largest absolute Gasteiger partial charge is 0.382 e. The van der Waals surface area contributed by atoms with Crippen molar-refractivity contribution in [3.05, 3.63) is 32.8 Å². The highest BCUT2D eigenvalue weighted by atomic mass is 35.5. The lowest BCUT2D eigenvalue weighted by Gasteiger charge is -2.17. The van der Waals surface area contributed by atoms with E-state index in [1.807, 2.05) is 6.92 Å². The van der Waals surface area contributed by atoms with Gasteiger partial charge in [-0.25, -0.2) is 0 Å². The van der Waals surface area contributed by atoms with Crippen molar-refractivity contribution in [1.29, 1.82) is 0 Å². The van der Waals surface area contributed by atoms with Crippen LogP contribution in [-0.4, -0.2) is 11.0 Å². The standard InChI is InChI=1S/C13H15ClN2O2/c1-7-4-13(16(17)18)10(14)6-12(7)15-11-3-2-8-5-9(8)11/h4,6,8-9,11,15H,2-3,5H2,1H3. The predicted molar refractivity (Wildman–Crippen MR) is 71.1 cm³/mol. The molecule has 0 saturated heterocycles. The van der Waals surface area contributed by atoms with Crippen LogP contribution in [0.1, 0.15) is 24.8 Å². The van der Waals surface area contributed by atoms with Crippen LogP contribution in [0.4, 0.5) is 11.4 Å². The molecular formula is C13H15ClN2O2. The minimum Gasteiger partial charge on any atom is -0.382 e. The number of hydrogen-bond acceptors (Lipinski definition) is 3. The maximum Gasteiger partial charge on any atom is 0.288 e. The van der Waals surface area contributed by atoms with Crippen molar-refractivity contribution >= 4 is 23.0 Å². The Morgan fingerprint density at radius 2 is 2.22 bits per heavy atom. The second kappa shape index (κ2) is 4.12. The first-order chi connectivity index (χ1) is 8.56. The molecule has 5 heteroatoms. The summed E-state index contributed by atoms with van der Waals surface area (Å²) in [4.78, 5) is 10.4. The summed E-state index contributed by atoms with van der Waals surface area (Å²) in [6.45, 7) is 1.88. The summed E-state index contributed by atoms with van der Waals surface area (Å²) in [7, 11) is 0. The first-order valence-corrected chi connectivity index (χ1v) is 6.65. The SMILES string of the molecule is Cc1cc([N+](=O)[O-])c(Cl)cc1NC1CCC2CC21. The van der Waals surface area contributed by atoms with Crippen LogP contribution in [0.15, 0.2) is 12.1 Å². The van der Waals surface area contributed by atoms with Crippen LogP contribution in [-0.2, 0) is 0 Å². The van der Waals surface area contributed by atoms with Gasteiger partial charge in [0.05, 0.1) is 4.92 Å². The lowest BCUT2D eigenvalue weighted by molar-refractivity contribution is -0.384. The number of hydrogen-bond donors (Lipinski definition) is 1. The van der Waals surface area contributed by atoms with E-state index in [9.17, 15) is 10.1 Å². The molecule has 2 aliphatic rings. The molecule has 4 nitrogen and oxygen atoms in total. The number of benzene rings is 1. The lowest BCUT2D eigenvalue weighted by atomic mass is 10.1. The zero-order valence-electron chi connectivity index (χ0n) is 10.1. The van der Waals surface area contributed by atoms with Gasteiger partial charge in [0.2, 0.25) is 0 Å². The molecule has 0 heterocycles. The predicted octanol–water partition coefficient (Wildman–Crippen LogP) is 3.77. The van der Waals surface area contributed by atoms with Crippen molar-refractivity contribution in [1.82, 2.24) is 0 Å². The van der Waals surface area contributed by atoms with Gasteiger partial charge in [0, 0.05) is 17.8 Å². The van der Waals surface area contributed by atoms with E-state index in [0.29, 0.717) is 6.04 Å². The normalized spacial score (nSPS) is 28.9. The summed E-state index contributed by atoms with van der Waals surface area (Å²) in [6.07, 6.45) is 3.84. The summed E-state index contributed by atoms with van der Waals surface area (Å²) in [5.41, 5.74) is 1.80. The zero-order valence-corrected chi connectivity index (χ0v) is 10.9. The topological polar surface area (TPSA) is 55.2 Å². The van der Waals surface area contributed by atoms with E-state index < -0.39 is 4.92 Å². The molecule has 0 radical (unpaired) electrons. The minimum absolute atomic E-state index is 0.0181. The molecule has 2 fully saturated rings. The molecule has 3 atom stereocenters. The highest BCUT2D eigenvalue weighted by Gasteiger charge is 2.48. The Kier molecular flexibility index (Phi) is 2.70. The molecule has 1 aromatic rings. The van der Waals surface area contributed by atoms with Crippen molar-refractivity contribution in [2.24, 2.45) is 11.8 Å². The number of fused-ring (bicyclic) bond motifs is 1. The van der Waals surface area contributed by atoms with Gasteiger partial charge in [-0.05, 0) is 49.7 Å². The number of anilines is 1. The fraction of sp³-hybridized carbons (Fsp3) is 0.538. The third kappa shape index (κ3) is 1.94. The van der Waals surface area contributed by atoms with Gasteiger partial charge in [0.1, 0.15) is 5.02 Å². The molecule has 3 rings (SSSR count). The Labute approximate surface area is 110 Å². The highest BCUT2D eigenvalue weighted by Crippen LogP contribution is 2.52. The van der Waals surface area contributed by atoms with Crippen LogP contribution < -0.4 is 5.32 Å². The number of nitrogens with zero attached hydrogens (tertiary/aromatic N) is 1. The summed E-state index contributed by atoms with van der Waals surface area (Å²) >= 11 is 5.95. The van der Waals surface area contributed by atoms with Gasteiger partial charge in [0.25, 0.3) is 5.69 Å². The number of nitro benzene ring substituents is 1. The Bertz CT molecular complexity index is 518. The quantitative estimate of drug-likeness (QED) is 0.669. The highest BCUT2D eigenvalue weighted by molar-refractivity contribution is 6.33. The molecule has 96 valence electrons. The molecular weight excluding hydrogens is 252 g/mol. The summed E-state index contributed by atoms with van der Waals surface area (Å²) in [5.74, 6) is 1.72. The smallest absolute Gasteiger partial charge is 0.288 e. The summed E-state index contributed by atoms with van der Waals surface area (Å²) < 4.78 is 0. The molecule has 2 aliphatic carbocycles. The van der Waals surface area contributed by atoms with Crippen molar-refractivity contribution in [2.75, 3.05) is 5.32 Å². The van der Waals surface area contributed by atoms with Crippen LogP contribution in [0.2, 0.25) is 5.02 Å². The van der Waals surface area contributed by atoms with Crippen LogP contribution in [0.25, 0.3) is 0 Å². The molecule has 0 aliphatic heterocycles. The van der Waals surface area contributed by atoms with E-state index in [0.717, 1.165) is 23.1 Å². The maximum atomic E-state index is 10.8. The fourth-order valence-electron chi connectivity index (χ4n) is 3.04. The third-order valence-corrected chi connectivity index (χ3v) is 4.48.